The van der Waals surface area contributed by atoms with Crippen LogP contribution in [-0.4, -0.2) is 29.1 Å². The van der Waals surface area contributed by atoms with Crippen molar-refractivity contribution in [2.75, 3.05) is 20.3 Å². The smallest absolute Gasteiger partial charge is 0.377 e. The lowest BCUT2D eigenvalue weighted by Crippen LogP contribution is -2.44. The predicted molar refractivity (Wildman–Crippen MR) is 94.4 cm³/mol. The Balaban J connectivity index is 2.29. The average Bonchev–Trinajstić information content (AvgIpc) is 2.58. The van der Waals surface area contributed by atoms with Crippen molar-refractivity contribution in [3.05, 3.63) is 35.4 Å². The number of unbranched alkanes of at least 4 members (excludes halogenated alkanes) is 3. The Labute approximate surface area is 149 Å². The fraction of sp³-hybridized carbons (Fsp3) is 0.667. The maximum atomic E-state index is 12.5. The summed E-state index contributed by atoms with van der Waals surface area (Å²) >= 11 is 0. The molecule has 144 valence electrons. The molecule has 1 rings (SSSR count). The van der Waals surface area contributed by atoms with E-state index in [1.807, 2.05) is 13.8 Å². The number of benzene rings is 1. The highest BCUT2D eigenvalue weighted by Gasteiger charge is 2.38. The molecule has 1 aromatic rings. The van der Waals surface area contributed by atoms with E-state index in [9.17, 15) is 13.2 Å². The van der Waals surface area contributed by atoms with Crippen LogP contribution in [0.15, 0.2) is 24.3 Å². The van der Waals surface area contributed by atoms with Crippen molar-refractivity contribution in [2.24, 2.45) is 0 Å². The summed E-state index contributed by atoms with van der Waals surface area (Å²) in [4.78, 5) is 0. The van der Waals surface area contributed by atoms with Crippen LogP contribution < -0.4 is 0 Å². The van der Waals surface area contributed by atoms with Crippen LogP contribution in [0.3, 0.4) is 0 Å². The number of halogens is 3. The second kappa shape index (κ2) is 11.0. The van der Waals surface area contributed by atoms with E-state index in [0.29, 0.717) is 13.2 Å². The first kappa shape index (κ1) is 22.1. The molecule has 0 bridgehead atoms. The molecule has 0 radical (unpaired) electrons. The topological polar surface area (TPSA) is 27.7 Å². The van der Waals surface area contributed by atoms with Crippen LogP contribution in [-0.2, 0) is 25.9 Å². The minimum Gasteiger partial charge on any atom is -0.377 e. The third-order valence-electron chi connectivity index (χ3n) is 4.02. The van der Waals surface area contributed by atoms with Crippen LogP contribution in [0.4, 0.5) is 13.2 Å². The van der Waals surface area contributed by atoms with E-state index < -0.39 is 20.5 Å². The van der Waals surface area contributed by atoms with Gasteiger partial charge in [-0.25, -0.2) is 0 Å². The third-order valence-corrected chi connectivity index (χ3v) is 7.06. The van der Waals surface area contributed by atoms with Crippen molar-refractivity contribution in [1.82, 2.24) is 0 Å². The van der Waals surface area contributed by atoms with Gasteiger partial charge in [0.2, 0.25) is 0 Å². The van der Waals surface area contributed by atoms with Crippen molar-refractivity contribution < 1.29 is 26.4 Å². The van der Waals surface area contributed by atoms with E-state index in [0.717, 1.165) is 55.8 Å². The lowest BCUT2D eigenvalue weighted by atomic mass is 10.0. The molecule has 0 aliphatic carbocycles. The third kappa shape index (κ3) is 7.90. The van der Waals surface area contributed by atoms with Crippen LogP contribution in [0.1, 0.15) is 50.7 Å². The SMILES string of the molecule is CCO[Si](CCCCCCc1ccc(C(F)(F)F)cc1)(OC)OCC. The summed E-state index contributed by atoms with van der Waals surface area (Å²) < 4.78 is 54.6. The molecule has 0 atom stereocenters. The minimum absolute atomic E-state index is 0.577. The molecular formula is C18H29F3O3Si. The Hall–Kier alpha value is -0.893. The lowest BCUT2D eigenvalue weighted by Gasteiger charge is -2.27. The molecule has 7 heteroatoms. The molecule has 0 saturated heterocycles. The first-order chi connectivity index (χ1) is 11.9. The molecule has 0 aromatic heterocycles. The molecule has 0 unspecified atom stereocenters. The highest BCUT2D eigenvalue weighted by Crippen LogP contribution is 2.29. The van der Waals surface area contributed by atoms with Gasteiger partial charge in [-0.3, -0.25) is 0 Å². The van der Waals surface area contributed by atoms with E-state index in [4.69, 9.17) is 13.3 Å². The van der Waals surface area contributed by atoms with E-state index in [-0.39, 0.29) is 0 Å². The number of alkyl halides is 3. The summed E-state index contributed by atoms with van der Waals surface area (Å²) in [5.74, 6) is 0. The molecule has 0 fully saturated rings. The Bertz CT molecular complexity index is 471. The number of aryl methyl sites for hydroxylation is 1. The maximum absolute atomic E-state index is 12.5. The molecule has 1 aromatic carbocycles. The van der Waals surface area contributed by atoms with E-state index in [2.05, 4.69) is 0 Å². The Morgan fingerprint density at radius 3 is 1.92 bits per heavy atom. The van der Waals surface area contributed by atoms with Gasteiger partial charge in [-0.1, -0.05) is 25.0 Å². The molecular weight excluding hydrogens is 349 g/mol. The maximum Gasteiger partial charge on any atom is 0.500 e. The largest absolute Gasteiger partial charge is 0.500 e. The van der Waals surface area contributed by atoms with Crippen LogP contribution in [0.25, 0.3) is 0 Å². The Morgan fingerprint density at radius 1 is 0.880 bits per heavy atom. The molecule has 0 spiro atoms. The minimum atomic E-state index is -4.27. The zero-order valence-electron chi connectivity index (χ0n) is 15.3. The van der Waals surface area contributed by atoms with Crippen LogP contribution in [0.2, 0.25) is 6.04 Å². The highest BCUT2D eigenvalue weighted by molar-refractivity contribution is 6.60. The van der Waals surface area contributed by atoms with E-state index in [1.165, 1.54) is 0 Å². The van der Waals surface area contributed by atoms with Gasteiger partial charge in [0.1, 0.15) is 0 Å². The van der Waals surface area contributed by atoms with Crippen molar-refractivity contribution in [3.8, 4) is 0 Å². The fourth-order valence-corrected chi connectivity index (χ4v) is 5.10. The predicted octanol–water partition coefficient (Wildman–Crippen LogP) is 5.47. The standard InChI is InChI=1S/C18H29F3O3Si/c1-4-23-25(22-3,24-5-2)15-9-7-6-8-10-16-11-13-17(14-12-16)18(19,20)21/h11-14H,4-10,15H2,1-3H3. The monoisotopic (exact) mass is 378 g/mol. The van der Waals surface area contributed by atoms with E-state index >= 15 is 0 Å². The van der Waals surface area contributed by atoms with Gasteiger partial charge in [0, 0.05) is 26.4 Å². The zero-order chi connectivity index (χ0) is 18.8. The fourth-order valence-electron chi connectivity index (χ4n) is 2.73. The number of rotatable bonds is 12. The highest BCUT2D eigenvalue weighted by atomic mass is 28.4. The van der Waals surface area contributed by atoms with Crippen LogP contribution >= 0.6 is 0 Å². The van der Waals surface area contributed by atoms with Crippen molar-refractivity contribution in [3.63, 3.8) is 0 Å². The Kier molecular flexibility index (Phi) is 9.71. The second-order valence-electron chi connectivity index (χ2n) is 5.86. The molecule has 0 N–H and O–H groups in total. The Morgan fingerprint density at radius 2 is 1.44 bits per heavy atom. The second-order valence-corrected chi connectivity index (χ2v) is 8.71. The summed E-state index contributed by atoms with van der Waals surface area (Å²) in [7, 11) is -0.883. The van der Waals surface area contributed by atoms with Gasteiger partial charge in [0.05, 0.1) is 5.56 Å². The first-order valence-electron chi connectivity index (χ1n) is 8.86. The molecule has 0 aliphatic rings. The lowest BCUT2D eigenvalue weighted by molar-refractivity contribution is -0.137. The average molecular weight is 379 g/mol. The molecule has 3 nitrogen and oxygen atoms in total. The van der Waals surface area contributed by atoms with Gasteiger partial charge >= 0.3 is 15.0 Å². The molecule has 0 aliphatic heterocycles. The van der Waals surface area contributed by atoms with Gasteiger partial charge in [-0.05, 0) is 50.8 Å². The zero-order valence-corrected chi connectivity index (χ0v) is 16.3. The number of hydrogen-bond acceptors (Lipinski definition) is 3. The van der Waals surface area contributed by atoms with Gasteiger partial charge in [0.25, 0.3) is 0 Å². The first-order valence-corrected chi connectivity index (χ1v) is 10.8. The summed E-state index contributed by atoms with van der Waals surface area (Å²) in [6, 6.07) is 6.23. The quantitative estimate of drug-likeness (QED) is 0.357. The van der Waals surface area contributed by atoms with Gasteiger partial charge < -0.3 is 13.3 Å². The van der Waals surface area contributed by atoms with E-state index in [1.54, 1.807) is 19.2 Å². The van der Waals surface area contributed by atoms with Crippen LogP contribution in [0.5, 0.6) is 0 Å². The molecule has 0 amide bonds. The van der Waals surface area contributed by atoms with Crippen molar-refractivity contribution in [2.45, 2.75) is 58.2 Å². The van der Waals surface area contributed by atoms with Crippen LogP contribution in [0, 0.1) is 0 Å². The number of hydrogen-bond donors (Lipinski definition) is 0. The van der Waals surface area contributed by atoms with Crippen molar-refractivity contribution >= 4 is 8.80 Å². The molecule has 0 heterocycles. The summed E-state index contributed by atoms with van der Waals surface area (Å²) in [6.07, 6.45) is 0.495. The normalized spacial score (nSPS) is 12.6. The van der Waals surface area contributed by atoms with Gasteiger partial charge in [-0.15, -0.1) is 0 Å². The molecule has 0 saturated carbocycles. The van der Waals surface area contributed by atoms with Gasteiger partial charge in [0.15, 0.2) is 0 Å². The molecule has 25 heavy (non-hydrogen) atoms. The summed E-state index contributed by atoms with van der Waals surface area (Å²) in [5, 5.41) is 0. The summed E-state index contributed by atoms with van der Waals surface area (Å²) in [6.45, 7) is 5.02. The van der Waals surface area contributed by atoms with Crippen molar-refractivity contribution in [1.29, 1.82) is 0 Å². The van der Waals surface area contributed by atoms with Gasteiger partial charge in [-0.2, -0.15) is 13.2 Å². The summed E-state index contributed by atoms with van der Waals surface area (Å²) in [5.41, 5.74) is 0.348.